The minimum atomic E-state index is -3.57. The lowest BCUT2D eigenvalue weighted by Gasteiger charge is -2.21. The number of hydrogen-bond acceptors (Lipinski definition) is 9. The second-order valence-corrected chi connectivity index (χ2v) is 12.0. The molecule has 3 heterocycles. The minimum absolute atomic E-state index is 0.00166. The van der Waals surface area contributed by atoms with Gasteiger partial charge < -0.3 is 15.8 Å². The summed E-state index contributed by atoms with van der Waals surface area (Å²) < 4.78 is 36.6. The SMILES string of the molecule is CCCCS(=O)(=O)Nc1cc(OC)cc(-c2c(N)ncnc2NC(C)c2nn3ccc(C)c3c(=O)n2-c2ccccc2)c1. The number of nitrogens with two attached hydrogens (primary N) is 1. The van der Waals surface area contributed by atoms with Gasteiger partial charge in [-0.15, -0.1) is 0 Å². The Hall–Kier alpha value is -4.91. The largest absolute Gasteiger partial charge is 0.497 e. The van der Waals surface area contributed by atoms with Crippen molar-refractivity contribution in [1.82, 2.24) is 24.1 Å². The van der Waals surface area contributed by atoms with Crippen LogP contribution in [0.4, 0.5) is 17.3 Å². The van der Waals surface area contributed by atoms with E-state index in [4.69, 9.17) is 15.6 Å². The zero-order valence-electron chi connectivity index (χ0n) is 24.4. The molecule has 0 amide bonds. The summed E-state index contributed by atoms with van der Waals surface area (Å²) in [6, 6.07) is 15.6. The molecular weight excluding hydrogens is 568 g/mol. The predicted octanol–water partition coefficient (Wildman–Crippen LogP) is 4.56. The molecule has 12 nitrogen and oxygen atoms in total. The van der Waals surface area contributed by atoms with Gasteiger partial charge in [-0.25, -0.2) is 22.9 Å². The van der Waals surface area contributed by atoms with Crippen LogP contribution < -0.4 is 26.1 Å². The van der Waals surface area contributed by atoms with Crippen molar-refractivity contribution in [2.75, 3.05) is 28.6 Å². The molecule has 2 aromatic carbocycles. The standard InChI is InChI=1S/C30H34N8O4S/c1-5-6-14-43(40,41)36-22-15-21(16-24(17-22)42-4)25-27(31)32-18-33-28(25)34-20(3)29-35-37-13-12-19(2)26(37)30(39)38(29)23-10-8-7-9-11-23/h7-13,15-18,20,36H,5-6,14H2,1-4H3,(H3,31,32,33,34). The molecule has 0 fully saturated rings. The summed E-state index contributed by atoms with van der Waals surface area (Å²) in [7, 11) is -2.08. The van der Waals surface area contributed by atoms with Crippen LogP contribution in [0.1, 0.15) is 44.1 Å². The molecule has 13 heteroatoms. The fourth-order valence-corrected chi connectivity index (χ4v) is 6.13. The van der Waals surface area contributed by atoms with Crippen LogP contribution in [0.25, 0.3) is 22.3 Å². The van der Waals surface area contributed by atoms with E-state index in [2.05, 4.69) is 20.0 Å². The van der Waals surface area contributed by atoms with Crippen LogP contribution in [0.5, 0.6) is 5.75 Å². The number of anilines is 3. The average Bonchev–Trinajstić information content (AvgIpc) is 3.36. The van der Waals surface area contributed by atoms with Gasteiger partial charge in [-0.1, -0.05) is 31.5 Å². The Morgan fingerprint density at radius 3 is 2.58 bits per heavy atom. The van der Waals surface area contributed by atoms with Crippen molar-refractivity contribution in [3.05, 3.63) is 88.9 Å². The van der Waals surface area contributed by atoms with Gasteiger partial charge in [0.15, 0.2) is 5.82 Å². The summed E-state index contributed by atoms with van der Waals surface area (Å²) in [6.07, 6.45) is 4.37. The van der Waals surface area contributed by atoms with Crippen molar-refractivity contribution < 1.29 is 13.2 Å². The van der Waals surface area contributed by atoms with Crippen molar-refractivity contribution in [1.29, 1.82) is 0 Å². The molecule has 0 aliphatic heterocycles. The molecule has 4 N–H and O–H groups in total. The number of nitrogens with one attached hydrogen (secondary N) is 2. The third kappa shape index (κ3) is 6.16. The van der Waals surface area contributed by atoms with Gasteiger partial charge in [0.25, 0.3) is 5.56 Å². The quantitative estimate of drug-likeness (QED) is 0.197. The van der Waals surface area contributed by atoms with E-state index < -0.39 is 16.1 Å². The highest BCUT2D eigenvalue weighted by molar-refractivity contribution is 7.92. The predicted molar refractivity (Wildman–Crippen MR) is 168 cm³/mol. The van der Waals surface area contributed by atoms with Gasteiger partial charge in [0.2, 0.25) is 10.0 Å². The van der Waals surface area contributed by atoms with Gasteiger partial charge in [0.05, 0.1) is 35.8 Å². The van der Waals surface area contributed by atoms with E-state index in [-0.39, 0.29) is 17.1 Å². The van der Waals surface area contributed by atoms with E-state index in [0.717, 1.165) is 12.0 Å². The Bertz CT molecular complexity index is 1940. The second-order valence-electron chi connectivity index (χ2n) is 10.2. The van der Waals surface area contributed by atoms with Crippen molar-refractivity contribution in [3.8, 4) is 22.6 Å². The van der Waals surface area contributed by atoms with Crippen molar-refractivity contribution >= 4 is 32.9 Å². The number of fused-ring (bicyclic) bond motifs is 1. The Labute approximate surface area is 249 Å². The molecule has 5 rings (SSSR count). The molecule has 224 valence electrons. The highest BCUT2D eigenvalue weighted by Gasteiger charge is 2.23. The maximum absolute atomic E-state index is 13.8. The molecule has 0 saturated heterocycles. The molecule has 0 aliphatic rings. The normalized spacial score (nSPS) is 12.3. The molecule has 3 aromatic heterocycles. The molecule has 43 heavy (non-hydrogen) atoms. The number of rotatable bonds is 11. The third-order valence-corrected chi connectivity index (χ3v) is 8.39. The number of methoxy groups -OCH3 is 1. The highest BCUT2D eigenvalue weighted by Crippen LogP contribution is 2.36. The fourth-order valence-electron chi connectivity index (χ4n) is 4.89. The monoisotopic (exact) mass is 602 g/mol. The van der Waals surface area contributed by atoms with Gasteiger partial charge in [0.1, 0.15) is 29.2 Å². The van der Waals surface area contributed by atoms with Crippen molar-refractivity contribution in [3.63, 3.8) is 0 Å². The number of unbranched alkanes of at least 4 members (excludes halogenated alkanes) is 1. The number of ether oxygens (including phenoxy) is 1. The van der Waals surface area contributed by atoms with Crippen molar-refractivity contribution in [2.45, 2.75) is 39.7 Å². The topological polar surface area (TPSA) is 159 Å². The second kappa shape index (κ2) is 12.1. The Morgan fingerprint density at radius 1 is 1.09 bits per heavy atom. The highest BCUT2D eigenvalue weighted by atomic mass is 32.2. The lowest BCUT2D eigenvalue weighted by Crippen LogP contribution is -2.29. The van der Waals surface area contributed by atoms with E-state index in [0.29, 0.717) is 51.8 Å². The summed E-state index contributed by atoms with van der Waals surface area (Å²) >= 11 is 0. The van der Waals surface area contributed by atoms with Crippen LogP contribution in [0.3, 0.4) is 0 Å². The van der Waals surface area contributed by atoms with Crippen molar-refractivity contribution in [2.24, 2.45) is 0 Å². The number of benzene rings is 2. The number of sulfonamides is 1. The minimum Gasteiger partial charge on any atom is -0.497 e. The molecule has 1 atom stereocenters. The summed E-state index contributed by atoms with van der Waals surface area (Å²) in [5.74, 6) is 1.39. The first-order valence-electron chi connectivity index (χ1n) is 13.8. The summed E-state index contributed by atoms with van der Waals surface area (Å²) in [5.41, 5.74) is 9.44. The summed E-state index contributed by atoms with van der Waals surface area (Å²) in [5, 5.41) is 8.17. The van der Waals surface area contributed by atoms with Crippen LogP contribution in [-0.2, 0) is 10.0 Å². The number of hydrogen-bond donors (Lipinski definition) is 3. The van der Waals surface area contributed by atoms with E-state index >= 15 is 0 Å². The first kappa shape index (κ1) is 29.6. The van der Waals surface area contributed by atoms with E-state index in [9.17, 15) is 13.2 Å². The number of nitrogens with zero attached hydrogens (tertiary/aromatic N) is 5. The molecule has 0 saturated carbocycles. The Morgan fingerprint density at radius 2 is 1.86 bits per heavy atom. The Balaban J connectivity index is 1.59. The van der Waals surface area contributed by atoms with Crippen LogP contribution >= 0.6 is 0 Å². The third-order valence-electron chi connectivity index (χ3n) is 7.02. The molecular formula is C30H34N8O4S. The van der Waals surface area contributed by atoms with Gasteiger partial charge in [0, 0.05) is 12.3 Å². The molecule has 0 spiro atoms. The van der Waals surface area contributed by atoms with Crippen LogP contribution in [0, 0.1) is 6.92 Å². The van der Waals surface area contributed by atoms with Gasteiger partial charge in [-0.3, -0.25) is 14.1 Å². The molecule has 5 aromatic rings. The molecule has 0 aliphatic carbocycles. The molecule has 0 bridgehead atoms. The fraction of sp³-hybridized carbons (Fsp3) is 0.267. The zero-order chi connectivity index (χ0) is 30.7. The summed E-state index contributed by atoms with van der Waals surface area (Å²) in [6.45, 7) is 5.67. The number of aryl methyl sites for hydroxylation is 1. The van der Waals surface area contributed by atoms with Gasteiger partial charge in [-0.2, -0.15) is 5.10 Å². The first-order valence-corrected chi connectivity index (χ1v) is 15.5. The Kier molecular flexibility index (Phi) is 8.35. The average molecular weight is 603 g/mol. The number of aromatic nitrogens is 5. The first-order chi connectivity index (χ1) is 20.6. The van der Waals surface area contributed by atoms with E-state index in [1.54, 1.807) is 33.5 Å². The van der Waals surface area contributed by atoms with E-state index in [1.807, 2.05) is 57.2 Å². The maximum Gasteiger partial charge on any atom is 0.282 e. The number of nitrogen functional groups attached to an aromatic ring is 1. The van der Waals surface area contributed by atoms with Crippen LogP contribution in [-0.4, -0.2) is 45.4 Å². The smallest absolute Gasteiger partial charge is 0.282 e. The van der Waals surface area contributed by atoms with Gasteiger partial charge in [-0.05, 0) is 61.7 Å². The van der Waals surface area contributed by atoms with Crippen LogP contribution in [0.2, 0.25) is 0 Å². The maximum atomic E-state index is 13.8. The molecule has 1 unspecified atom stereocenters. The summed E-state index contributed by atoms with van der Waals surface area (Å²) in [4.78, 5) is 22.4. The molecule has 0 radical (unpaired) electrons. The number of para-hydroxylation sites is 1. The zero-order valence-corrected chi connectivity index (χ0v) is 25.2. The lowest BCUT2D eigenvalue weighted by molar-refractivity contribution is 0.415. The van der Waals surface area contributed by atoms with E-state index in [1.165, 1.54) is 13.4 Å². The lowest BCUT2D eigenvalue weighted by atomic mass is 10.1. The van der Waals surface area contributed by atoms with Crippen LogP contribution in [0.15, 0.2) is 71.9 Å². The van der Waals surface area contributed by atoms with Gasteiger partial charge >= 0.3 is 0 Å².